The number of likely N-dealkylation sites (tertiary alicyclic amines) is 1. The zero-order chi connectivity index (χ0) is 22.4. The van der Waals surface area contributed by atoms with E-state index < -0.39 is 5.60 Å². The van der Waals surface area contributed by atoms with E-state index >= 15 is 0 Å². The second kappa shape index (κ2) is 9.72. The quantitative estimate of drug-likeness (QED) is 0.634. The highest BCUT2D eigenvalue weighted by Gasteiger charge is 2.35. The van der Waals surface area contributed by atoms with Gasteiger partial charge in [0.25, 0.3) is 5.91 Å². The van der Waals surface area contributed by atoms with Crippen molar-refractivity contribution in [2.75, 3.05) is 20.2 Å². The summed E-state index contributed by atoms with van der Waals surface area (Å²) >= 11 is 0. The van der Waals surface area contributed by atoms with Gasteiger partial charge in [0.05, 0.1) is 19.3 Å². The van der Waals surface area contributed by atoms with Crippen molar-refractivity contribution in [1.29, 1.82) is 0 Å². The highest BCUT2D eigenvalue weighted by Crippen LogP contribution is 2.26. The van der Waals surface area contributed by atoms with Crippen LogP contribution < -0.4 is 4.74 Å². The van der Waals surface area contributed by atoms with E-state index in [1.807, 2.05) is 78.9 Å². The second-order valence-corrected chi connectivity index (χ2v) is 8.27. The first-order valence-corrected chi connectivity index (χ1v) is 10.9. The molecular formula is C28H27NO3. The van der Waals surface area contributed by atoms with E-state index in [-0.39, 0.29) is 5.91 Å². The summed E-state index contributed by atoms with van der Waals surface area (Å²) in [6.45, 7) is 1.01. The summed E-state index contributed by atoms with van der Waals surface area (Å²) in [6.07, 6.45) is 2.05. The molecule has 4 heteroatoms. The van der Waals surface area contributed by atoms with E-state index in [2.05, 4.69) is 11.8 Å². The zero-order valence-electron chi connectivity index (χ0n) is 18.3. The van der Waals surface area contributed by atoms with Crippen LogP contribution in [0, 0.1) is 11.8 Å². The topological polar surface area (TPSA) is 49.8 Å². The average molecular weight is 426 g/mol. The minimum Gasteiger partial charge on any atom is -0.497 e. The Morgan fingerprint density at radius 3 is 2.22 bits per heavy atom. The molecule has 162 valence electrons. The van der Waals surface area contributed by atoms with Gasteiger partial charge in [-0.3, -0.25) is 4.79 Å². The molecule has 1 atom stereocenters. The van der Waals surface area contributed by atoms with Gasteiger partial charge in [0.2, 0.25) is 0 Å². The molecule has 1 aliphatic heterocycles. The van der Waals surface area contributed by atoms with E-state index in [1.54, 1.807) is 12.0 Å². The number of hydrogen-bond donors (Lipinski definition) is 1. The number of nitrogens with zero attached hydrogens (tertiary/aromatic N) is 1. The van der Waals surface area contributed by atoms with Gasteiger partial charge in [0, 0.05) is 29.7 Å². The molecule has 1 saturated heterocycles. The molecule has 1 N–H and O–H groups in total. The largest absolute Gasteiger partial charge is 0.497 e. The van der Waals surface area contributed by atoms with E-state index in [0.29, 0.717) is 31.5 Å². The fraction of sp³-hybridized carbons (Fsp3) is 0.250. The molecule has 0 spiro atoms. The Labute approximate surface area is 189 Å². The summed E-state index contributed by atoms with van der Waals surface area (Å²) in [4.78, 5) is 14.8. The number of piperidine rings is 1. The van der Waals surface area contributed by atoms with Crippen molar-refractivity contribution >= 4 is 5.91 Å². The molecule has 0 radical (unpaired) electrons. The monoisotopic (exact) mass is 425 g/mol. The van der Waals surface area contributed by atoms with Crippen LogP contribution in [-0.2, 0) is 6.42 Å². The standard InChI is InChI=1S/C28H27NO3/c1-32-26-16-12-23(13-17-26)9-8-22-10-14-25(15-11-22)27(30)29-19-5-18-28(31,21-29)20-24-6-3-2-4-7-24/h2-4,6-7,10-17,31H,5,18-21H2,1H3. The number of rotatable bonds is 4. The second-order valence-electron chi connectivity index (χ2n) is 8.27. The zero-order valence-corrected chi connectivity index (χ0v) is 18.3. The molecule has 3 aromatic carbocycles. The minimum atomic E-state index is -0.890. The molecule has 0 bridgehead atoms. The van der Waals surface area contributed by atoms with E-state index in [9.17, 15) is 9.90 Å². The summed E-state index contributed by atoms with van der Waals surface area (Å²) in [5.41, 5.74) is 2.56. The van der Waals surface area contributed by atoms with Crippen LogP contribution in [0.5, 0.6) is 5.75 Å². The third-order valence-corrected chi connectivity index (χ3v) is 5.79. The predicted molar refractivity (Wildman–Crippen MR) is 126 cm³/mol. The summed E-state index contributed by atoms with van der Waals surface area (Å²) < 4.78 is 5.16. The van der Waals surface area contributed by atoms with Crippen LogP contribution in [0.2, 0.25) is 0 Å². The number of benzene rings is 3. The van der Waals surface area contributed by atoms with Crippen molar-refractivity contribution in [3.63, 3.8) is 0 Å². The number of β-amino-alcohol motifs (C(OH)–C–C–N with tert-alkyl or cyclic N) is 1. The summed E-state index contributed by atoms with van der Waals surface area (Å²) in [6, 6.07) is 24.9. The van der Waals surface area contributed by atoms with Crippen molar-refractivity contribution in [3.05, 3.63) is 101 Å². The SMILES string of the molecule is COc1ccc(C#Cc2ccc(C(=O)N3CCCC(O)(Cc4ccccc4)C3)cc2)cc1. The molecule has 4 nitrogen and oxygen atoms in total. The molecule has 0 saturated carbocycles. The maximum Gasteiger partial charge on any atom is 0.253 e. The number of carbonyl (C=O) groups excluding carboxylic acids is 1. The Bertz CT molecular complexity index is 1110. The molecule has 32 heavy (non-hydrogen) atoms. The van der Waals surface area contributed by atoms with Crippen molar-refractivity contribution in [1.82, 2.24) is 4.90 Å². The van der Waals surface area contributed by atoms with Gasteiger partial charge in [0.1, 0.15) is 5.75 Å². The van der Waals surface area contributed by atoms with Crippen LogP contribution >= 0.6 is 0 Å². The van der Waals surface area contributed by atoms with Crippen LogP contribution in [0.1, 0.15) is 39.9 Å². The Balaban J connectivity index is 1.41. The first-order chi connectivity index (χ1) is 15.5. The Kier molecular flexibility index (Phi) is 6.58. The van der Waals surface area contributed by atoms with Crippen molar-refractivity contribution in [2.45, 2.75) is 24.9 Å². The Hall–Kier alpha value is -3.55. The van der Waals surface area contributed by atoms with E-state index in [0.717, 1.165) is 28.9 Å². The van der Waals surface area contributed by atoms with E-state index in [1.165, 1.54) is 0 Å². The third kappa shape index (κ3) is 5.38. The molecule has 1 fully saturated rings. The van der Waals surface area contributed by atoms with Crippen LogP contribution in [-0.4, -0.2) is 41.7 Å². The molecule has 1 unspecified atom stereocenters. The minimum absolute atomic E-state index is 0.0501. The Morgan fingerprint density at radius 2 is 1.59 bits per heavy atom. The first-order valence-electron chi connectivity index (χ1n) is 10.9. The van der Waals surface area contributed by atoms with Gasteiger partial charge in [0.15, 0.2) is 0 Å². The number of amides is 1. The lowest BCUT2D eigenvalue weighted by molar-refractivity contribution is -0.0241. The molecule has 3 aromatic rings. The first kappa shape index (κ1) is 21.7. The van der Waals surface area contributed by atoms with Gasteiger partial charge in [-0.05, 0) is 66.9 Å². The number of ether oxygens (including phenoxy) is 1. The lowest BCUT2D eigenvalue weighted by atomic mass is 9.86. The molecule has 1 heterocycles. The highest BCUT2D eigenvalue weighted by molar-refractivity contribution is 5.94. The molecule has 1 amide bonds. The summed E-state index contributed by atoms with van der Waals surface area (Å²) in [5, 5.41) is 11.1. The fourth-order valence-corrected chi connectivity index (χ4v) is 4.10. The van der Waals surface area contributed by atoms with Gasteiger partial charge in [-0.15, -0.1) is 0 Å². The fourth-order valence-electron chi connectivity index (χ4n) is 4.10. The van der Waals surface area contributed by atoms with Crippen molar-refractivity contribution < 1.29 is 14.6 Å². The van der Waals surface area contributed by atoms with Gasteiger partial charge < -0.3 is 14.7 Å². The number of carbonyl (C=O) groups is 1. The summed E-state index contributed by atoms with van der Waals surface area (Å²) in [5.74, 6) is 7.00. The number of hydrogen-bond acceptors (Lipinski definition) is 3. The van der Waals surface area contributed by atoms with E-state index in [4.69, 9.17) is 4.74 Å². The summed E-state index contributed by atoms with van der Waals surface area (Å²) in [7, 11) is 1.64. The van der Waals surface area contributed by atoms with Gasteiger partial charge in [-0.2, -0.15) is 0 Å². The molecule has 1 aliphatic rings. The van der Waals surface area contributed by atoms with Gasteiger partial charge in [-0.1, -0.05) is 42.2 Å². The van der Waals surface area contributed by atoms with Gasteiger partial charge in [-0.25, -0.2) is 0 Å². The van der Waals surface area contributed by atoms with Gasteiger partial charge >= 0.3 is 0 Å². The number of methoxy groups -OCH3 is 1. The normalized spacial score (nSPS) is 17.9. The molecular weight excluding hydrogens is 398 g/mol. The highest BCUT2D eigenvalue weighted by atomic mass is 16.5. The van der Waals surface area contributed by atoms with Crippen LogP contribution in [0.25, 0.3) is 0 Å². The smallest absolute Gasteiger partial charge is 0.253 e. The number of aliphatic hydroxyl groups is 1. The maximum absolute atomic E-state index is 13.1. The van der Waals surface area contributed by atoms with Crippen molar-refractivity contribution in [3.8, 4) is 17.6 Å². The van der Waals surface area contributed by atoms with Crippen LogP contribution in [0.3, 0.4) is 0 Å². The van der Waals surface area contributed by atoms with Crippen LogP contribution in [0.15, 0.2) is 78.9 Å². The maximum atomic E-state index is 13.1. The van der Waals surface area contributed by atoms with Crippen LogP contribution in [0.4, 0.5) is 0 Å². The molecule has 0 aromatic heterocycles. The Morgan fingerprint density at radius 1 is 0.969 bits per heavy atom. The third-order valence-electron chi connectivity index (χ3n) is 5.79. The lowest BCUT2D eigenvalue weighted by Gasteiger charge is -2.39. The molecule has 0 aliphatic carbocycles. The lowest BCUT2D eigenvalue weighted by Crippen LogP contribution is -2.51. The predicted octanol–water partition coefficient (Wildman–Crippen LogP) is 4.30. The molecule has 4 rings (SSSR count). The average Bonchev–Trinajstić information content (AvgIpc) is 2.83. The van der Waals surface area contributed by atoms with Crippen molar-refractivity contribution in [2.24, 2.45) is 0 Å².